The SMILES string of the molecule is COc1ccccc1CNC(=O)C1CC(=O)N(c2ccc(S(=O)(=O)N3CCC(C)CC3)cc2)C1. The van der Waals surface area contributed by atoms with Crippen LogP contribution in [0.4, 0.5) is 5.69 Å². The summed E-state index contributed by atoms with van der Waals surface area (Å²) in [5.41, 5.74) is 1.45. The van der Waals surface area contributed by atoms with Crippen LogP contribution in [0.25, 0.3) is 0 Å². The maximum absolute atomic E-state index is 13.0. The minimum absolute atomic E-state index is 0.115. The zero-order valence-corrected chi connectivity index (χ0v) is 20.4. The Balaban J connectivity index is 1.38. The fourth-order valence-electron chi connectivity index (χ4n) is 4.48. The number of anilines is 1. The number of methoxy groups -OCH3 is 1. The first-order valence-electron chi connectivity index (χ1n) is 11.6. The number of piperidine rings is 1. The van der Waals surface area contributed by atoms with Gasteiger partial charge >= 0.3 is 0 Å². The van der Waals surface area contributed by atoms with Gasteiger partial charge in [-0.05, 0) is 49.1 Å². The molecule has 0 spiro atoms. The van der Waals surface area contributed by atoms with Gasteiger partial charge in [0.1, 0.15) is 5.75 Å². The van der Waals surface area contributed by atoms with E-state index >= 15 is 0 Å². The molecule has 2 aliphatic heterocycles. The van der Waals surface area contributed by atoms with E-state index in [-0.39, 0.29) is 29.7 Å². The number of sulfonamides is 1. The van der Waals surface area contributed by atoms with Gasteiger partial charge in [-0.1, -0.05) is 25.1 Å². The number of nitrogens with zero attached hydrogens (tertiary/aromatic N) is 2. The third kappa shape index (κ3) is 5.10. The van der Waals surface area contributed by atoms with Gasteiger partial charge in [-0.25, -0.2) is 8.42 Å². The Morgan fingerprint density at radius 2 is 1.76 bits per heavy atom. The molecule has 8 nitrogen and oxygen atoms in total. The van der Waals surface area contributed by atoms with Crippen LogP contribution >= 0.6 is 0 Å². The van der Waals surface area contributed by atoms with Gasteiger partial charge in [0.05, 0.1) is 17.9 Å². The number of carbonyl (C=O) groups is 2. The quantitative estimate of drug-likeness (QED) is 0.651. The predicted octanol–water partition coefficient (Wildman–Crippen LogP) is 2.79. The lowest BCUT2D eigenvalue weighted by molar-refractivity contribution is -0.126. The Bertz CT molecular complexity index is 1140. The largest absolute Gasteiger partial charge is 0.496 e. The molecule has 1 N–H and O–H groups in total. The molecule has 2 aromatic rings. The van der Waals surface area contributed by atoms with Gasteiger partial charge in [0.15, 0.2) is 0 Å². The molecule has 0 aliphatic carbocycles. The van der Waals surface area contributed by atoms with Crippen molar-refractivity contribution in [1.29, 1.82) is 0 Å². The summed E-state index contributed by atoms with van der Waals surface area (Å²) in [6, 6.07) is 13.8. The Morgan fingerprint density at radius 1 is 1.09 bits per heavy atom. The van der Waals surface area contributed by atoms with Crippen molar-refractivity contribution in [2.45, 2.75) is 37.6 Å². The van der Waals surface area contributed by atoms with E-state index in [9.17, 15) is 18.0 Å². The molecule has 4 rings (SSSR count). The topological polar surface area (TPSA) is 96.0 Å². The van der Waals surface area contributed by atoms with Crippen LogP contribution in [0, 0.1) is 11.8 Å². The molecule has 2 aromatic carbocycles. The average Bonchev–Trinajstić information content (AvgIpc) is 3.24. The lowest BCUT2D eigenvalue weighted by atomic mass is 10.0. The minimum atomic E-state index is -3.55. The molecule has 0 saturated carbocycles. The van der Waals surface area contributed by atoms with Gasteiger partial charge in [0.25, 0.3) is 0 Å². The lowest BCUT2D eigenvalue weighted by Gasteiger charge is -2.29. The highest BCUT2D eigenvalue weighted by Gasteiger charge is 2.35. The maximum atomic E-state index is 13.0. The van der Waals surface area contributed by atoms with Gasteiger partial charge in [-0.15, -0.1) is 0 Å². The summed E-state index contributed by atoms with van der Waals surface area (Å²) < 4.78 is 32.7. The number of hydrogen-bond donors (Lipinski definition) is 1. The molecule has 2 fully saturated rings. The van der Waals surface area contributed by atoms with E-state index in [0.29, 0.717) is 37.0 Å². The number of amides is 2. The van der Waals surface area contributed by atoms with E-state index in [1.165, 1.54) is 4.31 Å². The van der Waals surface area contributed by atoms with Crippen molar-refractivity contribution in [3.63, 3.8) is 0 Å². The normalized spacial score (nSPS) is 19.9. The first-order valence-corrected chi connectivity index (χ1v) is 13.0. The van der Waals surface area contributed by atoms with Crippen molar-refractivity contribution in [2.24, 2.45) is 11.8 Å². The lowest BCUT2D eigenvalue weighted by Crippen LogP contribution is -2.37. The standard InChI is InChI=1S/C25H31N3O5S/c1-18-11-13-27(14-12-18)34(31,32)22-9-7-21(8-10-22)28-17-20(15-24(28)29)25(30)26-16-19-5-3-4-6-23(19)33-2/h3-10,18,20H,11-17H2,1-2H3,(H,26,30). The first-order chi connectivity index (χ1) is 16.3. The second kappa shape index (κ2) is 10.1. The van der Waals surface area contributed by atoms with Crippen LogP contribution < -0.4 is 15.0 Å². The van der Waals surface area contributed by atoms with E-state index in [2.05, 4.69) is 12.2 Å². The third-order valence-corrected chi connectivity index (χ3v) is 8.58. The molecule has 0 bridgehead atoms. The molecular formula is C25H31N3O5S. The molecule has 2 aliphatic rings. The second-order valence-electron chi connectivity index (χ2n) is 9.02. The van der Waals surface area contributed by atoms with Crippen molar-refractivity contribution < 1.29 is 22.7 Å². The van der Waals surface area contributed by atoms with Crippen molar-refractivity contribution in [1.82, 2.24) is 9.62 Å². The van der Waals surface area contributed by atoms with Crippen LogP contribution in [0.5, 0.6) is 5.75 Å². The number of hydrogen-bond acceptors (Lipinski definition) is 5. The van der Waals surface area contributed by atoms with E-state index in [4.69, 9.17) is 4.74 Å². The molecule has 2 heterocycles. The highest BCUT2D eigenvalue weighted by molar-refractivity contribution is 7.89. The fraction of sp³-hybridized carbons (Fsp3) is 0.440. The van der Waals surface area contributed by atoms with Crippen molar-refractivity contribution in [3.8, 4) is 5.75 Å². The average molecular weight is 486 g/mol. The smallest absolute Gasteiger partial charge is 0.243 e. The number of nitrogens with one attached hydrogen (secondary N) is 1. The molecule has 2 saturated heterocycles. The van der Waals surface area contributed by atoms with Gasteiger partial charge in [0.2, 0.25) is 21.8 Å². The second-order valence-corrected chi connectivity index (χ2v) is 11.0. The van der Waals surface area contributed by atoms with Crippen LogP contribution in [0.2, 0.25) is 0 Å². The molecule has 0 radical (unpaired) electrons. The van der Waals surface area contributed by atoms with Crippen LogP contribution in [0.3, 0.4) is 0 Å². The van der Waals surface area contributed by atoms with E-state index in [1.807, 2.05) is 24.3 Å². The van der Waals surface area contributed by atoms with Crippen LogP contribution in [0.15, 0.2) is 53.4 Å². The van der Waals surface area contributed by atoms with E-state index < -0.39 is 15.9 Å². The van der Waals surface area contributed by atoms with Crippen molar-refractivity contribution >= 4 is 27.5 Å². The Hall–Kier alpha value is -2.91. The number of carbonyl (C=O) groups excluding carboxylic acids is 2. The monoisotopic (exact) mass is 485 g/mol. The van der Waals surface area contributed by atoms with Gasteiger partial charge in [0, 0.05) is 43.9 Å². The van der Waals surface area contributed by atoms with Crippen LogP contribution in [-0.2, 0) is 26.2 Å². The van der Waals surface area contributed by atoms with Crippen molar-refractivity contribution in [2.75, 3.05) is 31.6 Å². The number of ether oxygens (including phenoxy) is 1. The summed E-state index contributed by atoms with van der Waals surface area (Å²) in [5.74, 6) is 0.412. The summed E-state index contributed by atoms with van der Waals surface area (Å²) in [6.45, 7) is 3.77. The van der Waals surface area contributed by atoms with Gasteiger partial charge in [-0.2, -0.15) is 4.31 Å². The number of benzene rings is 2. The van der Waals surface area contributed by atoms with Crippen LogP contribution in [-0.4, -0.2) is 51.3 Å². The summed E-state index contributed by atoms with van der Waals surface area (Å²) >= 11 is 0. The summed E-state index contributed by atoms with van der Waals surface area (Å²) in [7, 11) is -1.97. The Kier molecular flexibility index (Phi) is 7.23. The first kappa shape index (κ1) is 24.2. The number of rotatable bonds is 7. The minimum Gasteiger partial charge on any atom is -0.496 e. The van der Waals surface area contributed by atoms with E-state index in [0.717, 1.165) is 18.4 Å². The van der Waals surface area contributed by atoms with Gasteiger partial charge < -0.3 is 15.0 Å². The Morgan fingerprint density at radius 3 is 2.44 bits per heavy atom. The summed E-state index contributed by atoms with van der Waals surface area (Å²) in [5, 5.41) is 2.89. The molecule has 0 aromatic heterocycles. The molecular weight excluding hydrogens is 454 g/mol. The molecule has 2 amide bonds. The highest BCUT2D eigenvalue weighted by Crippen LogP contribution is 2.29. The van der Waals surface area contributed by atoms with Gasteiger partial charge in [-0.3, -0.25) is 9.59 Å². The summed E-state index contributed by atoms with van der Waals surface area (Å²) in [6.07, 6.45) is 1.84. The molecule has 9 heteroatoms. The fourth-order valence-corrected chi connectivity index (χ4v) is 5.95. The Labute approximate surface area is 200 Å². The van der Waals surface area contributed by atoms with E-state index in [1.54, 1.807) is 36.3 Å². The van der Waals surface area contributed by atoms with Crippen molar-refractivity contribution in [3.05, 3.63) is 54.1 Å². The highest BCUT2D eigenvalue weighted by atomic mass is 32.2. The van der Waals surface area contributed by atoms with Crippen LogP contribution in [0.1, 0.15) is 31.7 Å². The molecule has 1 atom stereocenters. The molecule has 1 unspecified atom stereocenters. The maximum Gasteiger partial charge on any atom is 0.243 e. The zero-order chi connectivity index (χ0) is 24.3. The molecule has 34 heavy (non-hydrogen) atoms. The molecule has 182 valence electrons. The zero-order valence-electron chi connectivity index (χ0n) is 19.6. The third-order valence-electron chi connectivity index (χ3n) is 6.67. The summed E-state index contributed by atoms with van der Waals surface area (Å²) in [4.78, 5) is 27.1. The number of para-hydroxylation sites is 1. The predicted molar refractivity (Wildman–Crippen MR) is 129 cm³/mol.